The zero-order valence-electron chi connectivity index (χ0n) is 12.9. The van der Waals surface area contributed by atoms with Crippen LogP contribution in [0.3, 0.4) is 0 Å². The molecule has 0 saturated carbocycles. The van der Waals surface area contributed by atoms with E-state index in [4.69, 9.17) is 9.47 Å². The van der Waals surface area contributed by atoms with Gasteiger partial charge >= 0.3 is 0 Å². The Kier molecular flexibility index (Phi) is 4.15. The Bertz CT molecular complexity index is 665. The van der Waals surface area contributed by atoms with Gasteiger partial charge in [0, 0.05) is 32.1 Å². The number of ether oxygens (including phenoxy) is 2. The number of methoxy groups -OCH3 is 2. The Morgan fingerprint density at radius 1 is 1.23 bits per heavy atom. The molecule has 0 fully saturated rings. The average molecular weight is 300 g/mol. The van der Waals surface area contributed by atoms with Gasteiger partial charge in [-0.05, 0) is 29.8 Å². The zero-order chi connectivity index (χ0) is 15.5. The maximum atomic E-state index is 12.4. The van der Waals surface area contributed by atoms with Crippen molar-refractivity contribution in [2.75, 3.05) is 27.4 Å². The minimum absolute atomic E-state index is 0.00256. The molecular formula is C17H20N2O3. The van der Waals surface area contributed by atoms with Crippen LogP contribution >= 0.6 is 0 Å². The van der Waals surface area contributed by atoms with Gasteiger partial charge in [0.15, 0.2) is 0 Å². The van der Waals surface area contributed by atoms with E-state index < -0.39 is 0 Å². The van der Waals surface area contributed by atoms with Crippen LogP contribution in [-0.2, 0) is 16.1 Å². The van der Waals surface area contributed by atoms with Crippen molar-refractivity contribution in [1.29, 1.82) is 0 Å². The maximum absolute atomic E-state index is 12.4. The predicted molar refractivity (Wildman–Crippen MR) is 82.9 cm³/mol. The molecule has 1 aromatic carbocycles. The molecule has 0 N–H and O–H groups in total. The standard InChI is InChI=1S/C17H20N2O3/c1-21-12-16(20)19-10-9-18-8-4-7-15(18)17(19)13-5-3-6-14(11-13)22-2/h3-8,11,17H,9-10,12H2,1-2H3. The second-order valence-electron chi connectivity index (χ2n) is 5.33. The van der Waals surface area contributed by atoms with E-state index in [-0.39, 0.29) is 18.6 Å². The molecule has 22 heavy (non-hydrogen) atoms. The van der Waals surface area contributed by atoms with Crippen molar-refractivity contribution in [3.8, 4) is 5.75 Å². The third-order valence-corrected chi connectivity index (χ3v) is 4.04. The third kappa shape index (κ3) is 2.60. The smallest absolute Gasteiger partial charge is 0.249 e. The van der Waals surface area contributed by atoms with Crippen molar-refractivity contribution in [2.45, 2.75) is 12.6 Å². The first-order valence-electron chi connectivity index (χ1n) is 7.32. The summed E-state index contributed by atoms with van der Waals surface area (Å²) in [4.78, 5) is 14.3. The van der Waals surface area contributed by atoms with Gasteiger partial charge in [0.05, 0.1) is 13.2 Å². The lowest BCUT2D eigenvalue weighted by Crippen LogP contribution is -2.43. The molecule has 1 aliphatic heterocycles. The lowest BCUT2D eigenvalue weighted by Gasteiger charge is -2.37. The molecule has 5 heteroatoms. The fourth-order valence-corrected chi connectivity index (χ4v) is 3.02. The zero-order valence-corrected chi connectivity index (χ0v) is 12.9. The fraction of sp³-hybridized carbons (Fsp3) is 0.353. The summed E-state index contributed by atoms with van der Waals surface area (Å²) in [5.41, 5.74) is 2.16. The summed E-state index contributed by atoms with van der Waals surface area (Å²) in [7, 11) is 3.20. The number of rotatable bonds is 4. The molecule has 1 aliphatic rings. The molecule has 1 atom stereocenters. The molecule has 2 heterocycles. The van der Waals surface area contributed by atoms with Gasteiger partial charge in [0.1, 0.15) is 12.4 Å². The second-order valence-corrected chi connectivity index (χ2v) is 5.33. The number of aromatic nitrogens is 1. The van der Waals surface area contributed by atoms with E-state index in [0.29, 0.717) is 6.54 Å². The van der Waals surface area contributed by atoms with Crippen LogP contribution in [0.1, 0.15) is 17.3 Å². The van der Waals surface area contributed by atoms with Crippen molar-refractivity contribution in [1.82, 2.24) is 9.47 Å². The molecule has 0 spiro atoms. The van der Waals surface area contributed by atoms with E-state index >= 15 is 0 Å². The van der Waals surface area contributed by atoms with Gasteiger partial charge in [-0.2, -0.15) is 0 Å². The molecule has 5 nitrogen and oxygen atoms in total. The van der Waals surface area contributed by atoms with Gasteiger partial charge < -0.3 is 18.9 Å². The molecule has 2 aromatic rings. The van der Waals surface area contributed by atoms with Crippen LogP contribution in [0.5, 0.6) is 5.75 Å². The Hall–Kier alpha value is -2.27. The number of nitrogens with zero attached hydrogens (tertiary/aromatic N) is 2. The molecule has 0 saturated heterocycles. The van der Waals surface area contributed by atoms with E-state index in [1.807, 2.05) is 35.2 Å². The minimum atomic E-state index is -0.110. The summed E-state index contributed by atoms with van der Waals surface area (Å²) in [6, 6.07) is 11.9. The van der Waals surface area contributed by atoms with Gasteiger partial charge in [-0.15, -0.1) is 0 Å². The number of carbonyl (C=O) groups is 1. The number of fused-ring (bicyclic) bond motifs is 1. The van der Waals surface area contributed by atoms with Crippen molar-refractivity contribution in [2.24, 2.45) is 0 Å². The number of amides is 1. The lowest BCUT2D eigenvalue weighted by atomic mass is 9.99. The summed E-state index contributed by atoms with van der Waals surface area (Å²) in [5, 5.41) is 0. The van der Waals surface area contributed by atoms with E-state index in [1.165, 1.54) is 0 Å². The minimum Gasteiger partial charge on any atom is -0.497 e. The topological polar surface area (TPSA) is 43.7 Å². The Labute approximate surface area is 130 Å². The molecule has 0 aliphatic carbocycles. The van der Waals surface area contributed by atoms with Crippen LogP contribution in [0.4, 0.5) is 0 Å². The molecule has 1 amide bonds. The summed E-state index contributed by atoms with van der Waals surface area (Å²) in [5.74, 6) is 0.795. The Morgan fingerprint density at radius 2 is 2.09 bits per heavy atom. The van der Waals surface area contributed by atoms with Gasteiger partial charge in [0.25, 0.3) is 0 Å². The van der Waals surface area contributed by atoms with Gasteiger partial charge in [-0.1, -0.05) is 12.1 Å². The average Bonchev–Trinajstić information content (AvgIpc) is 3.02. The molecule has 3 rings (SSSR count). The summed E-state index contributed by atoms with van der Waals surface area (Å²) in [6.45, 7) is 1.57. The van der Waals surface area contributed by atoms with Gasteiger partial charge in [0.2, 0.25) is 5.91 Å². The van der Waals surface area contributed by atoms with E-state index in [9.17, 15) is 4.79 Å². The molecule has 116 valence electrons. The number of hydrogen-bond donors (Lipinski definition) is 0. The molecule has 0 radical (unpaired) electrons. The van der Waals surface area contributed by atoms with Gasteiger partial charge in [-0.3, -0.25) is 4.79 Å². The summed E-state index contributed by atoms with van der Waals surface area (Å²) in [6.07, 6.45) is 2.06. The third-order valence-electron chi connectivity index (χ3n) is 4.04. The Morgan fingerprint density at radius 3 is 2.86 bits per heavy atom. The first kappa shape index (κ1) is 14.7. The monoisotopic (exact) mass is 300 g/mol. The number of benzene rings is 1. The highest BCUT2D eigenvalue weighted by Gasteiger charge is 2.32. The normalized spacial score (nSPS) is 17.2. The molecular weight excluding hydrogens is 280 g/mol. The van der Waals surface area contributed by atoms with Crippen molar-refractivity contribution in [3.63, 3.8) is 0 Å². The summed E-state index contributed by atoms with van der Waals surface area (Å²) >= 11 is 0. The quantitative estimate of drug-likeness (QED) is 0.868. The number of carbonyl (C=O) groups excluding carboxylic acids is 1. The maximum Gasteiger partial charge on any atom is 0.249 e. The highest BCUT2D eigenvalue weighted by Crippen LogP contribution is 2.33. The highest BCUT2D eigenvalue weighted by molar-refractivity contribution is 5.78. The second kappa shape index (κ2) is 6.23. The SMILES string of the molecule is COCC(=O)N1CCn2cccc2C1c1cccc(OC)c1. The first-order chi connectivity index (χ1) is 10.7. The van der Waals surface area contributed by atoms with Crippen LogP contribution < -0.4 is 4.74 Å². The van der Waals surface area contributed by atoms with Crippen molar-refractivity contribution in [3.05, 3.63) is 53.9 Å². The van der Waals surface area contributed by atoms with Crippen LogP contribution in [0.2, 0.25) is 0 Å². The van der Waals surface area contributed by atoms with E-state index in [1.54, 1.807) is 14.2 Å². The van der Waals surface area contributed by atoms with Crippen LogP contribution in [0.25, 0.3) is 0 Å². The highest BCUT2D eigenvalue weighted by atomic mass is 16.5. The van der Waals surface area contributed by atoms with Gasteiger partial charge in [-0.25, -0.2) is 0 Å². The fourth-order valence-electron chi connectivity index (χ4n) is 3.02. The lowest BCUT2D eigenvalue weighted by molar-refractivity contribution is -0.137. The van der Waals surface area contributed by atoms with Crippen LogP contribution in [0, 0.1) is 0 Å². The predicted octanol–water partition coefficient (Wildman–Crippen LogP) is 2.07. The van der Waals surface area contributed by atoms with Crippen molar-refractivity contribution < 1.29 is 14.3 Å². The van der Waals surface area contributed by atoms with E-state index in [0.717, 1.165) is 23.6 Å². The number of hydrogen-bond acceptors (Lipinski definition) is 3. The summed E-state index contributed by atoms with van der Waals surface area (Å²) < 4.78 is 12.6. The van der Waals surface area contributed by atoms with Crippen LogP contribution in [-0.4, -0.2) is 42.7 Å². The molecule has 1 unspecified atom stereocenters. The van der Waals surface area contributed by atoms with E-state index in [2.05, 4.69) is 16.8 Å². The molecule has 0 bridgehead atoms. The van der Waals surface area contributed by atoms with Crippen molar-refractivity contribution >= 4 is 5.91 Å². The molecule has 1 aromatic heterocycles. The Balaban J connectivity index is 2.03. The van der Waals surface area contributed by atoms with Crippen LogP contribution in [0.15, 0.2) is 42.6 Å². The largest absolute Gasteiger partial charge is 0.497 e. The first-order valence-corrected chi connectivity index (χ1v) is 7.32.